The number of para-hydroxylation sites is 2. The summed E-state index contributed by atoms with van der Waals surface area (Å²) in [6.45, 7) is 11.4. The lowest BCUT2D eigenvalue weighted by Gasteiger charge is -2.22. The maximum absolute atomic E-state index is 13.6. The number of phenols is 2. The highest BCUT2D eigenvalue weighted by atomic mass is 32.2. The third kappa shape index (κ3) is 13.9. The largest absolute Gasteiger partial charge is 0.506 e. The smallest absolute Gasteiger partial charge is 0.289 e. The normalized spacial score (nSPS) is 11.0. The first kappa shape index (κ1) is 58.8. The molecular weight excluding hydrogens is 1110 g/mol. The van der Waals surface area contributed by atoms with Crippen molar-refractivity contribution in [1.82, 2.24) is 50.6 Å². The Morgan fingerprint density at radius 1 is 0.679 bits per heavy atom. The van der Waals surface area contributed by atoms with Crippen LogP contribution < -0.4 is 20.1 Å². The Morgan fingerprint density at radius 2 is 1.33 bits per heavy atom. The molecule has 2 aromatic heterocycles. The second kappa shape index (κ2) is 27.3. The number of fused-ring (bicyclic) bond motifs is 2. The second-order valence-corrected chi connectivity index (χ2v) is 21.0. The van der Waals surface area contributed by atoms with Gasteiger partial charge in [-0.2, -0.15) is 4.68 Å². The molecule has 0 bridgehead atoms. The van der Waals surface area contributed by atoms with Gasteiger partial charge in [0.15, 0.2) is 0 Å². The van der Waals surface area contributed by atoms with Crippen LogP contribution in [0.1, 0.15) is 69.7 Å². The highest BCUT2D eigenvalue weighted by Gasteiger charge is 2.25. The van der Waals surface area contributed by atoms with Crippen molar-refractivity contribution in [3.63, 3.8) is 0 Å². The highest BCUT2D eigenvalue weighted by Crippen LogP contribution is 2.41. The molecule has 10 aromatic rings. The number of ether oxygens (including phenoxy) is 2. The molecule has 0 unspecified atom stereocenters. The Hall–Kier alpha value is -9.87. The number of unbranched alkanes of at least 4 members (excludes halogenated alkanes) is 1. The zero-order valence-electron chi connectivity index (χ0n) is 46.4. The number of carbonyl (C=O) groups is 3. The number of hydrogen-bond acceptors (Lipinski definition) is 17. The van der Waals surface area contributed by atoms with Crippen molar-refractivity contribution in [2.24, 2.45) is 0 Å². The van der Waals surface area contributed by atoms with Crippen LogP contribution in [0.25, 0.3) is 27.2 Å². The van der Waals surface area contributed by atoms with E-state index in [2.05, 4.69) is 47.8 Å². The van der Waals surface area contributed by atoms with E-state index in [0.717, 1.165) is 44.5 Å². The highest BCUT2D eigenvalue weighted by molar-refractivity contribution is 8.13. The summed E-state index contributed by atoms with van der Waals surface area (Å²) in [7, 11) is 0. The third-order valence-electron chi connectivity index (χ3n) is 13.4. The van der Waals surface area contributed by atoms with Gasteiger partial charge in [0.25, 0.3) is 22.7 Å². The average Bonchev–Trinajstić information content (AvgIpc) is 2.12. The number of hydrogen-bond donors (Lipinski definition) is 4. The van der Waals surface area contributed by atoms with E-state index >= 15 is 0 Å². The molecule has 0 aliphatic rings. The molecule has 0 saturated heterocycles. The fraction of sp³-hybridized carbons (Fsp3) is 0.197. The van der Waals surface area contributed by atoms with E-state index in [0.29, 0.717) is 70.8 Å². The molecule has 0 fully saturated rings. The molecule has 8 aromatic carbocycles. The van der Waals surface area contributed by atoms with Gasteiger partial charge in [-0.1, -0.05) is 103 Å². The van der Waals surface area contributed by atoms with Gasteiger partial charge in [-0.05, 0) is 139 Å². The number of aromatic hydroxyl groups is 2. The number of benzene rings is 8. The Morgan fingerprint density at radius 3 is 2.05 bits per heavy atom. The number of amides is 3. The lowest BCUT2D eigenvalue weighted by atomic mass is 10.0. The fourth-order valence-corrected chi connectivity index (χ4v) is 10.7. The first-order valence-electron chi connectivity index (χ1n) is 26.8. The number of aryl methyl sites for hydroxylation is 4. The quantitative estimate of drug-likeness (QED) is 0.0239. The molecule has 21 nitrogen and oxygen atoms in total. The number of anilines is 1. The predicted molar refractivity (Wildman–Crippen MR) is 321 cm³/mol. The first-order valence-corrected chi connectivity index (χ1v) is 28.4. The molecule has 23 heteroatoms. The average molecular weight is 1170 g/mol. The van der Waals surface area contributed by atoms with E-state index in [1.165, 1.54) is 45.6 Å². The minimum Gasteiger partial charge on any atom is -0.506 e. The van der Waals surface area contributed by atoms with Crippen molar-refractivity contribution < 1.29 is 39.0 Å². The van der Waals surface area contributed by atoms with Crippen LogP contribution in [0.5, 0.6) is 28.7 Å². The lowest BCUT2D eigenvalue weighted by molar-refractivity contribution is -0.384. The number of nitrogens with zero attached hydrogens (tertiary/aromatic N) is 10. The number of nitro benzene ring substituents is 1. The summed E-state index contributed by atoms with van der Waals surface area (Å²) >= 11 is 2.18. The van der Waals surface area contributed by atoms with Gasteiger partial charge >= 0.3 is 0 Å². The third-order valence-corrected chi connectivity index (χ3v) is 15.3. The topological polar surface area (TPSA) is 268 Å². The van der Waals surface area contributed by atoms with Crippen LogP contribution in [0.2, 0.25) is 0 Å². The summed E-state index contributed by atoms with van der Waals surface area (Å²) < 4.78 is 15.4. The van der Waals surface area contributed by atoms with Crippen molar-refractivity contribution in [3.8, 4) is 34.4 Å². The van der Waals surface area contributed by atoms with Crippen molar-refractivity contribution in [1.29, 1.82) is 0 Å². The molecule has 0 atom stereocenters. The van der Waals surface area contributed by atoms with Crippen LogP contribution in [0.15, 0.2) is 167 Å². The molecule has 0 spiro atoms. The number of carbonyl (C=O) groups excluding carboxylic acids is 3. The fourth-order valence-electron chi connectivity index (χ4n) is 8.95. The van der Waals surface area contributed by atoms with E-state index in [1.54, 1.807) is 48.0 Å². The monoisotopic (exact) mass is 1170 g/mol. The number of rotatable bonds is 20. The van der Waals surface area contributed by atoms with E-state index in [9.17, 15) is 34.7 Å². The molecule has 84 heavy (non-hydrogen) atoms. The standard InChI is InChI=1S/C40H39N7O7S.C21H19N5O2S/c1-4-45(40(50)55-39-42-43-44-46(39)29-12-6-5-7-13-29)25-28-23-30(47(51)52)17-19-35(28)54-36-24-33(37(48)32-15-9-8-14-31(32)36)38(49)41-20-10-11-21-53-34-18-16-26(2)22-27(34)3;1-3-26-21(23-24-25-26)29-18-12-16(19(27)15-10-6-5-9-14(15)18)20(28)22-17-11-7-4-8-13(17)2/h5-9,12-19,22-24,48H,4,10-11,20-21,25H2,1-3H3,(H,41,49);4-12,27H,3H2,1-2H3,(H,22,28). The Balaban J connectivity index is 0.000000244. The Kier molecular flexibility index (Phi) is 19.1. The second-order valence-electron chi connectivity index (χ2n) is 19.1. The van der Waals surface area contributed by atoms with Gasteiger partial charge in [-0.3, -0.25) is 24.5 Å². The van der Waals surface area contributed by atoms with Gasteiger partial charge in [0.2, 0.25) is 10.3 Å². The lowest BCUT2D eigenvalue weighted by Crippen LogP contribution is -2.27. The van der Waals surface area contributed by atoms with E-state index in [-0.39, 0.29) is 64.0 Å². The summed E-state index contributed by atoms with van der Waals surface area (Å²) in [4.78, 5) is 53.6. The number of aromatic nitrogens is 8. The molecule has 0 saturated carbocycles. The summed E-state index contributed by atoms with van der Waals surface area (Å²) in [6, 6.07) is 44.2. The molecule has 10 rings (SSSR count). The Bertz CT molecular complexity index is 4030. The molecule has 0 aliphatic heterocycles. The van der Waals surface area contributed by atoms with Crippen molar-refractivity contribution >= 4 is 73.5 Å². The van der Waals surface area contributed by atoms with Crippen LogP contribution in [0.4, 0.5) is 16.2 Å². The predicted octanol–water partition coefficient (Wildman–Crippen LogP) is 12.4. The summed E-state index contributed by atoms with van der Waals surface area (Å²) in [5.41, 5.74) is 4.90. The SMILES string of the molecule is CCN(Cc1cc([N+](=O)[O-])ccc1Oc1cc(C(=O)NCCCCOc2ccc(C)cc2C)c(O)c2ccccc12)C(=O)Sc1nnnn1-c1ccccc1.CCn1nnnc1Sc1cc(C(=O)Nc2ccccc2C)c(O)c2ccccc12. The van der Waals surface area contributed by atoms with Gasteiger partial charge in [-0.25, -0.2) is 4.68 Å². The summed E-state index contributed by atoms with van der Waals surface area (Å²) in [6.07, 6.45) is 1.35. The van der Waals surface area contributed by atoms with Gasteiger partial charge in [0.05, 0.1) is 34.9 Å². The zero-order valence-corrected chi connectivity index (χ0v) is 48.1. The molecule has 2 heterocycles. The van der Waals surface area contributed by atoms with Crippen molar-refractivity contribution in [2.75, 3.05) is 25.0 Å². The molecular formula is C61H58N12O9S2. The van der Waals surface area contributed by atoms with Crippen LogP contribution >= 0.6 is 23.5 Å². The first-order chi connectivity index (χ1) is 40.7. The van der Waals surface area contributed by atoms with Gasteiger partial charge < -0.3 is 35.2 Å². The van der Waals surface area contributed by atoms with Crippen LogP contribution in [0.3, 0.4) is 0 Å². The van der Waals surface area contributed by atoms with E-state index < -0.39 is 16.1 Å². The minimum absolute atomic E-state index is 0.00147. The Labute approximate surface area is 491 Å². The van der Waals surface area contributed by atoms with Gasteiger partial charge in [0.1, 0.15) is 28.7 Å². The number of non-ortho nitro benzene ring substituents is 1. The molecule has 0 aliphatic carbocycles. The van der Waals surface area contributed by atoms with Crippen LogP contribution in [0, 0.1) is 30.9 Å². The number of thioether (sulfide) groups is 1. The van der Waals surface area contributed by atoms with Gasteiger partial charge in [0, 0.05) is 75.8 Å². The van der Waals surface area contributed by atoms with E-state index in [4.69, 9.17) is 9.47 Å². The number of nitrogens with one attached hydrogen (secondary N) is 2. The van der Waals surface area contributed by atoms with Crippen LogP contribution in [-0.2, 0) is 13.1 Å². The molecule has 0 radical (unpaired) electrons. The molecule has 428 valence electrons. The number of nitro groups is 1. The number of phenolic OH excluding ortho intramolecular Hbond substituents is 2. The summed E-state index contributed by atoms with van der Waals surface area (Å²) in [5, 5.41) is 65.9. The zero-order chi connectivity index (χ0) is 59.3. The summed E-state index contributed by atoms with van der Waals surface area (Å²) in [5.74, 6) is 0.160. The van der Waals surface area contributed by atoms with Gasteiger partial charge in [-0.15, -0.1) is 10.2 Å². The van der Waals surface area contributed by atoms with Crippen molar-refractivity contribution in [3.05, 3.63) is 195 Å². The maximum atomic E-state index is 13.6. The molecule has 4 N–H and O–H groups in total. The number of tetrazole rings is 2. The van der Waals surface area contributed by atoms with E-state index in [1.807, 2.05) is 113 Å². The minimum atomic E-state index is -0.526. The maximum Gasteiger partial charge on any atom is 0.289 e. The molecule has 3 amide bonds. The van der Waals surface area contributed by atoms with Crippen LogP contribution in [-0.4, -0.2) is 97.2 Å². The van der Waals surface area contributed by atoms with Crippen molar-refractivity contribution in [2.45, 2.75) is 75.8 Å².